The van der Waals surface area contributed by atoms with E-state index in [2.05, 4.69) is 24.3 Å². The first kappa shape index (κ1) is 26.0. The minimum Gasteiger partial charge on any atom is -0.456 e. The number of benzene rings is 6. The van der Waals surface area contributed by atoms with Gasteiger partial charge in [0.2, 0.25) is 5.89 Å². The van der Waals surface area contributed by atoms with Crippen molar-refractivity contribution in [1.29, 1.82) is 0 Å². The predicted molar refractivity (Wildman–Crippen MR) is 182 cm³/mol. The van der Waals surface area contributed by atoms with Crippen molar-refractivity contribution in [3.63, 3.8) is 0 Å². The maximum Gasteiger partial charge on any atom is 0.227 e. The summed E-state index contributed by atoms with van der Waals surface area (Å²) in [6.45, 7) is 0. The Hall–Kier alpha value is -6.40. The number of hydrogen-bond donors (Lipinski definition) is 0. The van der Waals surface area contributed by atoms with Gasteiger partial charge in [0.1, 0.15) is 16.7 Å². The molecule has 0 aliphatic heterocycles. The van der Waals surface area contributed by atoms with Crippen LogP contribution in [-0.4, -0.2) is 19.9 Å². The highest BCUT2D eigenvalue weighted by molar-refractivity contribution is 6.08. The summed E-state index contributed by atoms with van der Waals surface area (Å²) in [5, 5.41) is 1.97. The summed E-state index contributed by atoms with van der Waals surface area (Å²) < 4.78 is 12.6. The van der Waals surface area contributed by atoms with Crippen molar-refractivity contribution in [2.45, 2.75) is 0 Å². The van der Waals surface area contributed by atoms with Crippen LogP contribution in [0.15, 0.2) is 154 Å². The van der Waals surface area contributed by atoms with Crippen molar-refractivity contribution in [3.8, 4) is 56.7 Å². The van der Waals surface area contributed by atoms with Crippen molar-refractivity contribution in [2.24, 2.45) is 0 Å². The molecule has 216 valence electrons. The molecule has 0 aliphatic carbocycles. The molecule has 46 heavy (non-hydrogen) atoms. The van der Waals surface area contributed by atoms with Crippen LogP contribution >= 0.6 is 0 Å². The summed E-state index contributed by atoms with van der Waals surface area (Å²) in [5.41, 5.74) is 8.82. The Balaban J connectivity index is 1.18. The summed E-state index contributed by atoms with van der Waals surface area (Å²) >= 11 is 0. The second kappa shape index (κ2) is 10.6. The van der Waals surface area contributed by atoms with E-state index in [1.807, 2.05) is 121 Å². The van der Waals surface area contributed by atoms with Gasteiger partial charge < -0.3 is 8.83 Å². The average Bonchev–Trinajstić information content (AvgIpc) is 3.74. The van der Waals surface area contributed by atoms with Crippen LogP contribution in [0.5, 0.6) is 0 Å². The van der Waals surface area contributed by atoms with Gasteiger partial charge in [-0.1, -0.05) is 97.1 Å². The zero-order valence-corrected chi connectivity index (χ0v) is 24.5. The lowest BCUT2D eigenvalue weighted by molar-refractivity contribution is 0.621. The Morgan fingerprint density at radius 3 is 1.50 bits per heavy atom. The van der Waals surface area contributed by atoms with Gasteiger partial charge in [-0.3, -0.25) is 0 Å². The molecular formula is C40H24N4O2. The number of aromatic nitrogens is 4. The highest BCUT2D eigenvalue weighted by atomic mass is 16.3. The Labute approximate surface area is 263 Å². The predicted octanol–water partition coefficient (Wildman–Crippen LogP) is 10.2. The van der Waals surface area contributed by atoms with Gasteiger partial charge in [0, 0.05) is 38.6 Å². The lowest BCUT2D eigenvalue weighted by Gasteiger charge is -2.08. The number of fused-ring (bicyclic) bond motifs is 4. The minimum absolute atomic E-state index is 0.597. The summed E-state index contributed by atoms with van der Waals surface area (Å²) in [5.74, 6) is 2.45. The van der Waals surface area contributed by atoms with Gasteiger partial charge in [0.05, 0.1) is 0 Å². The first-order chi connectivity index (χ1) is 22.8. The second-order valence-corrected chi connectivity index (χ2v) is 11.1. The van der Waals surface area contributed by atoms with Crippen LogP contribution in [0, 0.1) is 0 Å². The third-order valence-electron chi connectivity index (χ3n) is 8.17. The molecule has 9 rings (SSSR count). The van der Waals surface area contributed by atoms with E-state index in [-0.39, 0.29) is 0 Å². The fourth-order valence-corrected chi connectivity index (χ4v) is 5.90. The zero-order valence-electron chi connectivity index (χ0n) is 24.5. The van der Waals surface area contributed by atoms with Crippen LogP contribution in [0.4, 0.5) is 0 Å². The molecule has 0 atom stereocenters. The first-order valence-corrected chi connectivity index (χ1v) is 15.1. The van der Waals surface area contributed by atoms with Crippen LogP contribution in [0.25, 0.3) is 89.8 Å². The average molecular weight is 593 g/mol. The maximum absolute atomic E-state index is 6.34. The number of para-hydroxylation sites is 1. The second-order valence-electron chi connectivity index (χ2n) is 11.1. The largest absolute Gasteiger partial charge is 0.456 e. The standard InChI is InChI=1S/C40H24N4O2/c1-4-11-25(12-5-1)37-42-38(26-13-6-2-7-14-26)44-39(43-37)29-20-22-35-32(24-29)31-23-28(19-21-34(31)45-35)30-17-10-18-33-36(30)46-40(41-33)27-15-8-3-9-16-27/h1-24H. The molecule has 0 bridgehead atoms. The molecule has 0 spiro atoms. The van der Waals surface area contributed by atoms with Gasteiger partial charge in [0.25, 0.3) is 0 Å². The summed E-state index contributed by atoms with van der Waals surface area (Å²) in [6, 6.07) is 48.3. The SMILES string of the molecule is c1ccc(-c2nc(-c3ccccc3)nc(-c3ccc4oc5ccc(-c6cccc7nc(-c8ccccc8)oc67)cc5c4c3)n2)cc1. The lowest BCUT2D eigenvalue weighted by Crippen LogP contribution is -2.00. The van der Waals surface area contributed by atoms with E-state index in [4.69, 9.17) is 28.8 Å². The smallest absolute Gasteiger partial charge is 0.227 e. The molecule has 0 aliphatic rings. The van der Waals surface area contributed by atoms with Crippen LogP contribution in [0.3, 0.4) is 0 Å². The zero-order chi connectivity index (χ0) is 30.5. The highest BCUT2D eigenvalue weighted by Gasteiger charge is 2.17. The fraction of sp³-hybridized carbons (Fsp3) is 0. The summed E-state index contributed by atoms with van der Waals surface area (Å²) in [4.78, 5) is 19.5. The monoisotopic (exact) mass is 592 g/mol. The molecule has 6 aromatic carbocycles. The quantitative estimate of drug-likeness (QED) is 0.198. The number of rotatable bonds is 5. The van der Waals surface area contributed by atoms with Crippen molar-refractivity contribution in [3.05, 3.63) is 146 Å². The Bertz CT molecular complexity index is 2460. The van der Waals surface area contributed by atoms with E-state index in [1.165, 1.54) is 0 Å². The van der Waals surface area contributed by atoms with Crippen LogP contribution in [0.2, 0.25) is 0 Å². The van der Waals surface area contributed by atoms with Gasteiger partial charge in [0.15, 0.2) is 23.1 Å². The molecule has 0 saturated carbocycles. The molecule has 0 fully saturated rings. The van der Waals surface area contributed by atoms with Crippen molar-refractivity contribution in [2.75, 3.05) is 0 Å². The lowest BCUT2D eigenvalue weighted by atomic mass is 10.0. The van der Waals surface area contributed by atoms with Gasteiger partial charge >= 0.3 is 0 Å². The normalized spacial score (nSPS) is 11.5. The summed E-state index contributed by atoms with van der Waals surface area (Å²) in [6.07, 6.45) is 0. The molecule has 0 amide bonds. The maximum atomic E-state index is 6.34. The van der Waals surface area contributed by atoms with Crippen LogP contribution in [0.1, 0.15) is 0 Å². The molecule has 0 N–H and O–H groups in total. The van der Waals surface area contributed by atoms with Crippen molar-refractivity contribution in [1.82, 2.24) is 19.9 Å². The molecule has 6 heteroatoms. The minimum atomic E-state index is 0.597. The van der Waals surface area contributed by atoms with E-state index < -0.39 is 0 Å². The van der Waals surface area contributed by atoms with E-state index in [0.717, 1.165) is 66.4 Å². The topological polar surface area (TPSA) is 77.8 Å². The molecule has 3 heterocycles. The number of hydrogen-bond acceptors (Lipinski definition) is 6. The van der Waals surface area contributed by atoms with Gasteiger partial charge in [-0.25, -0.2) is 19.9 Å². The van der Waals surface area contributed by atoms with E-state index in [1.54, 1.807) is 0 Å². The van der Waals surface area contributed by atoms with Gasteiger partial charge in [-0.05, 0) is 54.1 Å². The number of nitrogens with zero attached hydrogens (tertiary/aromatic N) is 4. The number of oxazole rings is 1. The van der Waals surface area contributed by atoms with Crippen molar-refractivity contribution >= 4 is 33.0 Å². The molecule has 0 radical (unpaired) electrons. The third kappa shape index (κ3) is 4.52. The fourth-order valence-electron chi connectivity index (χ4n) is 5.90. The molecule has 6 nitrogen and oxygen atoms in total. The molecule has 0 unspecified atom stereocenters. The van der Waals surface area contributed by atoms with Crippen LogP contribution < -0.4 is 0 Å². The van der Waals surface area contributed by atoms with E-state index in [0.29, 0.717) is 23.4 Å². The molecule has 9 aromatic rings. The van der Waals surface area contributed by atoms with E-state index in [9.17, 15) is 0 Å². The number of furan rings is 1. The first-order valence-electron chi connectivity index (χ1n) is 15.1. The highest BCUT2D eigenvalue weighted by Crippen LogP contribution is 2.38. The Morgan fingerprint density at radius 2 is 0.891 bits per heavy atom. The Kier molecular flexibility index (Phi) is 6.03. The van der Waals surface area contributed by atoms with Gasteiger partial charge in [-0.15, -0.1) is 0 Å². The summed E-state index contributed by atoms with van der Waals surface area (Å²) in [7, 11) is 0. The molecule has 0 saturated heterocycles. The molecule has 3 aromatic heterocycles. The third-order valence-corrected chi connectivity index (χ3v) is 8.17. The molecular weight excluding hydrogens is 568 g/mol. The van der Waals surface area contributed by atoms with E-state index >= 15 is 0 Å². The Morgan fingerprint density at radius 1 is 0.370 bits per heavy atom. The van der Waals surface area contributed by atoms with Gasteiger partial charge in [-0.2, -0.15) is 0 Å². The van der Waals surface area contributed by atoms with Crippen molar-refractivity contribution < 1.29 is 8.83 Å². The van der Waals surface area contributed by atoms with Crippen LogP contribution in [-0.2, 0) is 0 Å².